The Balaban J connectivity index is 2.35. The maximum absolute atomic E-state index is 11.7. The molecule has 2 aromatic rings. The van der Waals surface area contributed by atoms with Crippen molar-refractivity contribution in [2.45, 2.75) is 13.8 Å². The lowest BCUT2D eigenvalue weighted by molar-refractivity contribution is 0.0525. The topological polar surface area (TPSA) is 61.2 Å². The van der Waals surface area contributed by atoms with Crippen molar-refractivity contribution in [3.8, 4) is 5.69 Å². The maximum atomic E-state index is 11.7. The van der Waals surface area contributed by atoms with Gasteiger partial charge in [-0.25, -0.2) is 9.48 Å². The molecule has 0 radical (unpaired) electrons. The van der Waals surface area contributed by atoms with Crippen LogP contribution in [-0.4, -0.2) is 28.6 Å². The second kappa shape index (κ2) is 5.48. The predicted molar refractivity (Wildman–Crippen MR) is 69.6 cm³/mol. The largest absolute Gasteiger partial charge is 0.462 e. The molecule has 0 spiro atoms. The molecule has 0 atom stereocenters. The minimum atomic E-state index is -0.379. The summed E-state index contributed by atoms with van der Waals surface area (Å²) in [6, 6.07) is 6.96. The SMILES string of the molecule is CCOC(=O)c1cnn(-c2ccc(C=O)cc2)c1C. The molecule has 0 saturated carbocycles. The number of aldehydes is 1. The molecular formula is C14H14N2O3. The molecule has 5 nitrogen and oxygen atoms in total. The van der Waals surface area contributed by atoms with E-state index in [9.17, 15) is 9.59 Å². The number of rotatable bonds is 4. The summed E-state index contributed by atoms with van der Waals surface area (Å²) >= 11 is 0. The molecule has 0 bridgehead atoms. The molecule has 0 aliphatic rings. The average Bonchev–Trinajstić information content (AvgIpc) is 2.81. The molecule has 1 aromatic carbocycles. The van der Waals surface area contributed by atoms with Crippen molar-refractivity contribution in [1.29, 1.82) is 0 Å². The molecule has 98 valence electrons. The lowest BCUT2D eigenvalue weighted by Gasteiger charge is -2.05. The summed E-state index contributed by atoms with van der Waals surface area (Å²) in [5.41, 5.74) is 2.54. The van der Waals surface area contributed by atoms with E-state index in [1.165, 1.54) is 6.20 Å². The number of carbonyl (C=O) groups is 2. The highest BCUT2D eigenvalue weighted by Gasteiger charge is 2.15. The van der Waals surface area contributed by atoms with Gasteiger partial charge in [0.1, 0.15) is 11.8 Å². The summed E-state index contributed by atoms with van der Waals surface area (Å²) in [4.78, 5) is 22.3. The van der Waals surface area contributed by atoms with Gasteiger partial charge < -0.3 is 4.74 Å². The quantitative estimate of drug-likeness (QED) is 0.623. The van der Waals surface area contributed by atoms with Crippen molar-refractivity contribution in [2.24, 2.45) is 0 Å². The smallest absolute Gasteiger partial charge is 0.341 e. The van der Waals surface area contributed by atoms with Crippen LogP contribution >= 0.6 is 0 Å². The van der Waals surface area contributed by atoms with Gasteiger partial charge in [-0.1, -0.05) is 0 Å². The number of ether oxygens (including phenoxy) is 1. The van der Waals surface area contributed by atoms with Gasteiger partial charge in [-0.15, -0.1) is 0 Å². The number of benzene rings is 1. The second-order valence-electron chi connectivity index (χ2n) is 3.99. The Morgan fingerprint density at radius 1 is 1.37 bits per heavy atom. The van der Waals surface area contributed by atoms with E-state index in [2.05, 4.69) is 5.10 Å². The number of aromatic nitrogens is 2. The molecule has 0 aliphatic carbocycles. The fraction of sp³-hybridized carbons (Fsp3) is 0.214. The zero-order valence-corrected chi connectivity index (χ0v) is 10.8. The number of hydrogen-bond acceptors (Lipinski definition) is 4. The molecule has 0 fully saturated rings. The normalized spacial score (nSPS) is 10.2. The number of esters is 1. The monoisotopic (exact) mass is 258 g/mol. The van der Waals surface area contributed by atoms with Crippen molar-refractivity contribution in [3.05, 3.63) is 47.3 Å². The molecule has 0 saturated heterocycles. The van der Waals surface area contributed by atoms with E-state index in [-0.39, 0.29) is 5.97 Å². The third kappa shape index (κ3) is 2.54. The van der Waals surface area contributed by atoms with Gasteiger partial charge in [0.15, 0.2) is 0 Å². The molecule has 1 heterocycles. The second-order valence-corrected chi connectivity index (χ2v) is 3.99. The van der Waals surface area contributed by atoms with Crippen LogP contribution in [0.4, 0.5) is 0 Å². The van der Waals surface area contributed by atoms with Crippen LogP contribution in [0.5, 0.6) is 0 Å². The predicted octanol–water partition coefficient (Wildman–Crippen LogP) is 2.17. The van der Waals surface area contributed by atoms with Crippen LogP contribution in [0.25, 0.3) is 5.69 Å². The summed E-state index contributed by atoms with van der Waals surface area (Å²) in [6.07, 6.45) is 2.27. The molecular weight excluding hydrogens is 244 g/mol. The van der Waals surface area contributed by atoms with E-state index >= 15 is 0 Å². The van der Waals surface area contributed by atoms with Crippen LogP contribution in [-0.2, 0) is 4.74 Å². The first kappa shape index (κ1) is 13.0. The molecule has 1 aromatic heterocycles. The van der Waals surface area contributed by atoms with Crippen molar-refractivity contribution in [1.82, 2.24) is 9.78 Å². The standard InChI is InChI=1S/C14H14N2O3/c1-3-19-14(18)13-8-15-16(10(13)2)12-6-4-11(9-17)5-7-12/h4-9H,3H2,1-2H3. The summed E-state index contributed by atoms with van der Waals surface area (Å²) in [5.74, 6) is -0.379. The van der Waals surface area contributed by atoms with Gasteiger partial charge in [-0.3, -0.25) is 4.79 Å². The first-order chi connectivity index (χ1) is 9.17. The fourth-order valence-corrected chi connectivity index (χ4v) is 1.77. The number of nitrogens with zero attached hydrogens (tertiary/aromatic N) is 2. The van der Waals surface area contributed by atoms with Crippen LogP contribution in [0.2, 0.25) is 0 Å². The Kier molecular flexibility index (Phi) is 3.75. The highest BCUT2D eigenvalue weighted by atomic mass is 16.5. The minimum Gasteiger partial charge on any atom is -0.462 e. The number of carbonyl (C=O) groups excluding carboxylic acids is 2. The first-order valence-electron chi connectivity index (χ1n) is 5.94. The van der Waals surface area contributed by atoms with Gasteiger partial charge in [-0.2, -0.15) is 5.10 Å². The van der Waals surface area contributed by atoms with Crippen LogP contribution in [0.15, 0.2) is 30.5 Å². The third-order valence-corrected chi connectivity index (χ3v) is 2.78. The minimum absolute atomic E-state index is 0.331. The molecule has 0 aliphatic heterocycles. The van der Waals surface area contributed by atoms with Crippen LogP contribution in [0.1, 0.15) is 33.3 Å². The van der Waals surface area contributed by atoms with E-state index in [0.29, 0.717) is 23.4 Å². The van der Waals surface area contributed by atoms with E-state index < -0.39 is 0 Å². The van der Waals surface area contributed by atoms with Gasteiger partial charge in [0.25, 0.3) is 0 Å². The molecule has 19 heavy (non-hydrogen) atoms. The Morgan fingerprint density at radius 2 is 2.05 bits per heavy atom. The summed E-state index contributed by atoms with van der Waals surface area (Å²) < 4.78 is 6.60. The van der Waals surface area contributed by atoms with E-state index in [1.807, 2.05) is 0 Å². The zero-order chi connectivity index (χ0) is 13.8. The lowest BCUT2D eigenvalue weighted by Crippen LogP contribution is -2.06. The average molecular weight is 258 g/mol. The van der Waals surface area contributed by atoms with Gasteiger partial charge in [0, 0.05) is 5.56 Å². The van der Waals surface area contributed by atoms with Gasteiger partial charge in [0.2, 0.25) is 0 Å². The molecule has 5 heteroatoms. The van der Waals surface area contributed by atoms with E-state index in [0.717, 1.165) is 12.0 Å². The van der Waals surface area contributed by atoms with Gasteiger partial charge in [-0.05, 0) is 38.1 Å². The third-order valence-electron chi connectivity index (χ3n) is 2.78. The zero-order valence-electron chi connectivity index (χ0n) is 10.8. The van der Waals surface area contributed by atoms with Crippen LogP contribution in [0, 0.1) is 6.92 Å². The summed E-state index contributed by atoms with van der Waals surface area (Å²) in [6.45, 7) is 3.89. The molecule has 0 unspecified atom stereocenters. The Morgan fingerprint density at radius 3 is 2.63 bits per heavy atom. The maximum Gasteiger partial charge on any atom is 0.341 e. The van der Waals surface area contributed by atoms with Crippen molar-refractivity contribution in [3.63, 3.8) is 0 Å². The summed E-state index contributed by atoms with van der Waals surface area (Å²) in [5, 5.41) is 4.17. The molecule has 0 amide bonds. The Labute approximate surface area is 110 Å². The first-order valence-corrected chi connectivity index (χ1v) is 5.94. The van der Waals surface area contributed by atoms with Crippen LogP contribution < -0.4 is 0 Å². The van der Waals surface area contributed by atoms with Crippen molar-refractivity contribution >= 4 is 12.3 Å². The van der Waals surface area contributed by atoms with Crippen LogP contribution in [0.3, 0.4) is 0 Å². The van der Waals surface area contributed by atoms with E-state index in [1.54, 1.807) is 42.8 Å². The van der Waals surface area contributed by atoms with Crippen molar-refractivity contribution in [2.75, 3.05) is 6.61 Å². The highest BCUT2D eigenvalue weighted by Crippen LogP contribution is 2.15. The Hall–Kier alpha value is -2.43. The van der Waals surface area contributed by atoms with E-state index in [4.69, 9.17) is 4.74 Å². The molecule has 2 rings (SSSR count). The highest BCUT2D eigenvalue weighted by molar-refractivity contribution is 5.90. The summed E-state index contributed by atoms with van der Waals surface area (Å²) in [7, 11) is 0. The number of hydrogen-bond donors (Lipinski definition) is 0. The Bertz CT molecular complexity index is 600. The molecule has 0 N–H and O–H groups in total. The fourth-order valence-electron chi connectivity index (χ4n) is 1.77. The van der Waals surface area contributed by atoms with Crippen molar-refractivity contribution < 1.29 is 14.3 Å². The van der Waals surface area contributed by atoms with Gasteiger partial charge in [0.05, 0.1) is 24.2 Å². The van der Waals surface area contributed by atoms with Gasteiger partial charge >= 0.3 is 5.97 Å². The lowest BCUT2D eigenvalue weighted by atomic mass is 10.2.